The third kappa shape index (κ3) is 4.98. The van der Waals surface area contributed by atoms with Crippen molar-refractivity contribution in [1.82, 2.24) is 14.3 Å². The average Bonchev–Trinajstić information content (AvgIpc) is 3.05. The first-order valence-electron chi connectivity index (χ1n) is 10.0. The third-order valence-electron chi connectivity index (χ3n) is 4.74. The van der Waals surface area contributed by atoms with Crippen molar-refractivity contribution in [3.05, 3.63) is 71.5 Å². The van der Waals surface area contributed by atoms with Crippen molar-refractivity contribution in [2.45, 2.75) is 26.7 Å². The molecule has 1 N–H and O–H groups in total. The number of hydrogen-bond acceptors (Lipinski definition) is 4. The zero-order valence-corrected chi connectivity index (χ0v) is 18.6. The maximum absolute atomic E-state index is 5.73. The summed E-state index contributed by atoms with van der Waals surface area (Å²) in [5.74, 6) is 2.45. The monoisotopic (exact) mass is 425 g/mol. The first-order chi connectivity index (χ1) is 14.6. The van der Waals surface area contributed by atoms with Gasteiger partial charge in [0.25, 0.3) is 0 Å². The van der Waals surface area contributed by atoms with E-state index < -0.39 is 0 Å². The van der Waals surface area contributed by atoms with E-state index in [2.05, 4.69) is 25.8 Å². The van der Waals surface area contributed by atoms with E-state index in [0.29, 0.717) is 24.6 Å². The first kappa shape index (κ1) is 21.8. The molecule has 6 nitrogen and oxygen atoms in total. The number of methoxy groups -OCH3 is 1. The highest BCUT2D eigenvalue weighted by atomic mass is 32.1. The lowest BCUT2D eigenvalue weighted by molar-refractivity contribution is -0.917. The van der Waals surface area contributed by atoms with E-state index in [1.165, 1.54) is 10.5 Å². The second-order valence-electron chi connectivity index (χ2n) is 7.07. The molecule has 0 aliphatic rings. The van der Waals surface area contributed by atoms with Gasteiger partial charge in [-0.25, -0.2) is 0 Å². The summed E-state index contributed by atoms with van der Waals surface area (Å²) in [6.07, 6.45) is 1.83. The number of nitrogens with one attached hydrogen (secondary N) is 1. The number of para-hydroxylation sites is 1. The molecule has 0 amide bonds. The molecule has 1 heterocycles. The van der Waals surface area contributed by atoms with E-state index in [9.17, 15) is 0 Å². The van der Waals surface area contributed by atoms with E-state index in [1.54, 1.807) is 7.11 Å². The van der Waals surface area contributed by atoms with Crippen LogP contribution < -0.4 is 14.4 Å². The standard InChI is InChI=1S/C23H28N4O2S/c1-5-15-26-22(20-9-7-8-10-21(20)28-4)24-27(23(26)30)17-25(3)16-18-11-13-19(14-12-18)29-6-2/h5,7-14H,1,6,15-17H2,2-4H3/p+1. The molecule has 0 aliphatic carbocycles. The van der Waals surface area contributed by atoms with Gasteiger partial charge in [-0.3, -0.25) is 4.57 Å². The summed E-state index contributed by atoms with van der Waals surface area (Å²) in [6.45, 7) is 8.62. The lowest BCUT2D eigenvalue weighted by atomic mass is 10.2. The van der Waals surface area contributed by atoms with Crippen molar-refractivity contribution in [2.24, 2.45) is 0 Å². The quantitative estimate of drug-likeness (QED) is 0.400. The number of rotatable bonds is 10. The summed E-state index contributed by atoms with van der Waals surface area (Å²) in [5.41, 5.74) is 2.15. The van der Waals surface area contributed by atoms with Gasteiger partial charge in [0.05, 0.1) is 26.3 Å². The predicted molar refractivity (Wildman–Crippen MR) is 121 cm³/mol. The minimum absolute atomic E-state index is 0.587. The molecule has 2 aromatic carbocycles. The van der Waals surface area contributed by atoms with Gasteiger partial charge < -0.3 is 14.4 Å². The molecule has 0 fully saturated rings. The van der Waals surface area contributed by atoms with Gasteiger partial charge in [-0.2, -0.15) is 4.68 Å². The Morgan fingerprint density at radius 3 is 2.57 bits per heavy atom. The molecule has 7 heteroatoms. The molecule has 0 saturated carbocycles. The normalized spacial score (nSPS) is 11.8. The zero-order valence-electron chi connectivity index (χ0n) is 17.8. The van der Waals surface area contributed by atoms with Crippen molar-refractivity contribution in [3.63, 3.8) is 0 Å². The van der Waals surface area contributed by atoms with Crippen LogP contribution in [0.15, 0.2) is 61.2 Å². The van der Waals surface area contributed by atoms with Gasteiger partial charge >= 0.3 is 0 Å². The van der Waals surface area contributed by atoms with E-state index >= 15 is 0 Å². The smallest absolute Gasteiger partial charge is 0.203 e. The van der Waals surface area contributed by atoms with Crippen molar-refractivity contribution in [3.8, 4) is 22.9 Å². The second kappa shape index (κ2) is 10.2. The Labute approximate surface area is 183 Å². The predicted octanol–water partition coefficient (Wildman–Crippen LogP) is 3.35. The number of benzene rings is 2. The van der Waals surface area contributed by atoms with E-state index in [1.807, 2.05) is 58.6 Å². The topological polar surface area (TPSA) is 45.7 Å². The van der Waals surface area contributed by atoms with Crippen molar-refractivity contribution in [1.29, 1.82) is 0 Å². The molecule has 158 valence electrons. The maximum Gasteiger partial charge on any atom is 0.203 e. The summed E-state index contributed by atoms with van der Waals surface area (Å²) in [6, 6.07) is 16.1. The average molecular weight is 426 g/mol. The van der Waals surface area contributed by atoms with Gasteiger partial charge in [-0.05, 0) is 55.5 Å². The van der Waals surface area contributed by atoms with Crippen molar-refractivity contribution in [2.75, 3.05) is 20.8 Å². The fraction of sp³-hybridized carbons (Fsp3) is 0.304. The van der Waals surface area contributed by atoms with E-state index in [-0.39, 0.29) is 0 Å². The highest BCUT2D eigenvalue weighted by molar-refractivity contribution is 7.71. The van der Waals surface area contributed by atoms with Gasteiger partial charge in [0, 0.05) is 12.1 Å². The van der Waals surface area contributed by atoms with E-state index in [4.69, 9.17) is 26.8 Å². The van der Waals surface area contributed by atoms with Crippen LogP contribution >= 0.6 is 12.2 Å². The molecular weight excluding hydrogens is 396 g/mol. The first-order valence-corrected chi connectivity index (χ1v) is 10.4. The summed E-state index contributed by atoms with van der Waals surface area (Å²) >= 11 is 5.73. The maximum atomic E-state index is 5.73. The highest BCUT2D eigenvalue weighted by Crippen LogP contribution is 2.28. The van der Waals surface area contributed by atoms with Gasteiger partial charge in [-0.15, -0.1) is 11.7 Å². The molecule has 0 bridgehead atoms. The van der Waals surface area contributed by atoms with Crippen LogP contribution in [-0.4, -0.2) is 35.1 Å². The number of nitrogens with zero attached hydrogens (tertiary/aromatic N) is 3. The van der Waals surface area contributed by atoms with Gasteiger partial charge in [0.15, 0.2) is 12.5 Å². The Morgan fingerprint density at radius 2 is 1.90 bits per heavy atom. The summed E-state index contributed by atoms with van der Waals surface area (Å²) in [5, 5.41) is 4.83. The molecule has 0 radical (unpaired) electrons. The second-order valence-corrected chi connectivity index (χ2v) is 7.44. The van der Waals surface area contributed by atoms with Crippen molar-refractivity contribution >= 4 is 12.2 Å². The molecule has 3 rings (SSSR count). The molecule has 0 aliphatic heterocycles. The number of aromatic nitrogens is 3. The van der Waals surface area contributed by atoms with Crippen LogP contribution in [0.5, 0.6) is 11.5 Å². The Balaban J connectivity index is 1.83. The van der Waals surface area contributed by atoms with E-state index in [0.717, 1.165) is 29.4 Å². The minimum Gasteiger partial charge on any atom is -0.496 e. The van der Waals surface area contributed by atoms with Crippen LogP contribution in [0.3, 0.4) is 0 Å². The van der Waals surface area contributed by atoms with Crippen LogP contribution in [0.25, 0.3) is 11.4 Å². The molecule has 3 aromatic rings. The van der Waals surface area contributed by atoms with Gasteiger partial charge in [-0.1, -0.05) is 18.2 Å². The van der Waals surface area contributed by atoms with Crippen LogP contribution in [-0.2, 0) is 19.8 Å². The third-order valence-corrected chi connectivity index (χ3v) is 5.17. The zero-order chi connectivity index (χ0) is 21.5. The SMILES string of the molecule is C=CCn1c(-c2ccccc2OC)nn(C[NH+](C)Cc2ccc(OCC)cc2)c1=S. The van der Waals surface area contributed by atoms with Gasteiger partial charge in [0.1, 0.15) is 18.0 Å². The summed E-state index contributed by atoms with van der Waals surface area (Å²) < 4.78 is 15.6. The highest BCUT2D eigenvalue weighted by Gasteiger charge is 2.17. The molecule has 0 spiro atoms. The van der Waals surface area contributed by atoms with Crippen LogP contribution in [0.2, 0.25) is 0 Å². The number of hydrogen-bond donors (Lipinski definition) is 1. The van der Waals surface area contributed by atoms with Crippen LogP contribution in [0.4, 0.5) is 0 Å². The summed E-state index contributed by atoms with van der Waals surface area (Å²) in [4.78, 5) is 1.27. The largest absolute Gasteiger partial charge is 0.496 e. The fourth-order valence-electron chi connectivity index (χ4n) is 3.40. The number of ether oxygens (including phenoxy) is 2. The Kier molecular flexibility index (Phi) is 7.43. The minimum atomic E-state index is 0.587. The molecule has 0 saturated heterocycles. The Hall–Kier alpha value is -2.90. The molecule has 30 heavy (non-hydrogen) atoms. The number of allylic oxidation sites excluding steroid dienone is 1. The lowest BCUT2D eigenvalue weighted by Gasteiger charge is -2.14. The van der Waals surface area contributed by atoms with Crippen LogP contribution in [0, 0.1) is 4.77 Å². The van der Waals surface area contributed by atoms with Crippen LogP contribution in [0.1, 0.15) is 12.5 Å². The van der Waals surface area contributed by atoms with Crippen molar-refractivity contribution < 1.29 is 14.4 Å². The molecule has 1 unspecified atom stereocenters. The van der Waals surface area contributed by atoms with Gasteiger partial charge in [0.2, 0.25) is 4.77 Å². The molecular formula is C23H29N4O2S+. The fourth-order valence-corrected chi connectivity index (χ4v) is 3.66. The molecule has 1 atom stereocenters. The number of quaternary nitrogens is 1. The Bertz CT molecular complexity index is 1040. The summed E-state index contributed by atoms with van der Waals surface area (Å²) in [7, 11) is 3.80. The lowest BCUT2D eigenvalue weighted by Crippen LogP contribution is -3.07. The Morgan fingerprint density at radius 1 is 1.17 bits per heavy atom. The molecule has 1 aromatic heterocycles.